The number of hydrogen-bond donors (Lipinski definition) is 1. The van der Waals surface area contributed by atoms with E-state index in [9.17, 15) is 4.79 Å². The van der Waals surface area contributed by atoms with Crippen LogP contribution in [0.4, 0.5) is 0 Å². The van der Waals surface area contributed by atoms with Gasteiger partial charge in [0.1, 0.15) is 6.42 Å². The summed E-state index contributed by atoms with van der Waals surface area (Å²) in [6.07, 6.45) is 6.36. The van der Waals surface area contributed by atoms with Crippen molar-refractivity contribution in [2.24, 2.45) is 0 Å². The van der Waals surface area contributed by atoms with Crippen LogP contribution in [0.5, 0.6) is 0 Å². The van der Waals surface area contributed by atoms with Gasteiger partial charge in [-0.05, 0) is 24.1 Å². The van der Waals surface area contributed by atoms with Crippen molar-refractivity contribution in [2.45, 2.75) is 18.8 Å². The molecule has 0 aliphatic carbocycles. The highest BCUT2D eigenvalue weighted by Crippen LogP contribution is 2.34. The van der Waals surface area contributed by atoms with E-state index >= 15 is 0 Å². The molecule has 1 N–H and O–H groups in total. The summed E-state index contributed by atoms with van der Waals surface area (Å²) in [5.74, 6) is 0.193. The number of aromatic amines is 1. The highest BCUT2D eigenvalue weighted by atomic mass is 16.2. The normalized spacial score (nSPS) is 17.7. The molecule has 1 atom stereocenters. The predicted molar refractivity (Wildman–Crippen MR) is 85.6 cm³/mol. The Labute approximate surface area is 132 Å². The second-order valence-corrected chi connectivity index (χ2v) is 5.82. The van der Waals surface area contributed by atoms with Gasteiger partial charge in [0.2, 0.25) is 5.91 Å². The van der Waals surface area contributed by atoms with Gasteiger partial charge in [-0.2, -0.15) is 5.26 Å². The van der Waals surface area contributed by atoms with Crippen molar-refractivity contribution in [1.29, 1.82) is 5.26 Å². The van der Waals surface area contributed by atoms with Gasteiger partial charge in [-0.1, -0.05) is 0 Å². The van der Waals surface area contributed by atoms with E-state index in [0.717, 1.165) is 28.4 Å². The third kappa shape index (κ3) is 2.21. The average molecular weight is 305 g/mol. The summed E-state index contributed by atoms with van der Waals surface area (Å²) in [4.78, 5) is 25.6. The van der Waals surface area contributed by atoms with Crippen LogP contribution in [0.2, 0.25) is 0 Å². The molecule has 4 heterocycles. The molecule has 23 heavy (non-hydrogen) atoms. The number of rotatable bonds is 2. The molecular formula is C17H15N5O. The molecule has 1 aliphatic heterocycles. The summed E-state index contributed by atoms with van der Waals surface area (Å²) < 4.78 is 0. The largest absolute Gasteiger partial charge is 0.360 e. The molecule has 6 heteroatoms. The SMILES string of the molecule is N#CCC(=O)N1CC[C@@H](c2cc[nH]c3cnc4nccc4c23)C1. The van der Waals surface area contributed by atoms with E-state index in [4.69, 9.17) is 5.26 Å². The van der Waals surface area contributed by atoms with Crippen molar-refractivity contribution < 1.29 is 4.79 Å². The minimum absolute atomic E-state index is 0.0447. The van der Waals surface area contributed by atoms with Crippen molar-refractivity contribution >= 4 is 27.8 Å². The molecule has 6 nitrogen and oxygen atoms in total. The Balaban J connectivity index is 1.76. The molecule has 0 spiro atoms. The predicted octanol–water partition coefficient (Wildman–Crippen LogP) is 2.34. The third-order valence-corrected chi connectivity index (χ3v) is 4.54. The van der Waals surface area contributed by atoms with Gasteiger partial charge in [-0.25, -0.2) is 9.97 Å². The molecule has 1 amide bonds. The Morgan fingerprint density at radius 3 is 3.22 bits per heavy atom. The first kappa shape index (κ1) is 13.7. The minimum Gasteiger partial charge on any atom is -0.360 e. The number of carbonyl (C=O) groups excluding carboxylic acids is 1. The fourth-order valence-electron chi connectivity index (χ4n) is 3.45. The molecule has 0 bridgehead atoms. The van der Waals surface area contributed by atoms with Crippen molar-refractivity contribution in [2.75, 3.05) is 13.1 Å². The number of nitrogens with zero attached hydrogens (tertiary/aromatic N) is 4. The van der Waals surface area contributed by atoms with E-state index in [1.54, 1.807) is 11.1 Å². The van der Waals surface area contributed by atoms with Gasteiger partial charge in [0.05, 0.1) is 17.8 Å². The molecule has 3 aromatic heterocycles. The Kier molecular flexibility index (Phi) is 3.19. The highest BCUT2D eigenvalue weighted by Gasteiger charge is 2.28. The molecule has 4 rings (SSSR count). The summed E-state index contributed by atoms with van der Waals surface area (Å²) in [6, 6.07) is 6.00. The standard InChI is InChI=1S/C17H15N5O/c18-5-1-15(23)22-8-4-11(10-22)12-2-6-19-14-9-21-17-13(16(12)14)3-7-20-17/h2-3,6-7,9,11,19H,1,4,8,10H2/t11-/m1/s1. The fraction of sp³-hybridized carbons (Fsp3) is 0.294. The first-order valence-corrected chi connectivity index (χ1v) is 7.63. The smallest absolute Gasteiger partial charge is 0.236 e. The average Bonchev–Trinajstić information content (AvgIpc) is 3.23. The Morgan fingerprint density at radius 2 is 2.35 bits per heavy atom. The Hall–Kier alpha value is -2.94. The second-order valence-electron chi connectivity index (χ2n) is 5.82. The van der Waals surface area contributed by atoms with Crippen LogP contribution in [0, 0.1) is 11.3 Å². The van der Waals surface area contributed by atoms with Gasteiger partial charge in [-0.15, -0.1) is 0 Å². The van der Waals surface area contributed by atoms with E-state index in [-0.39, 0.29) is 18.2 Å². The van der Waals surface area contributed by atoms with Crippen LogP contribution in [-0.4, -0.2) is 38.8 Å². The van der Waals surface area contributed by atoms with Gasteiger partial charge in [0, 0.05) is 42.2 Å². The zero-order chi connectivity index (χ0) is 15.8. The van der Waals surface area contributed by atoms with E-state index < -0.39 is 0 Å². The number of pyridine rings is 2. The first-order valence-electron chi connectivity index (χ1n) is 7.63. The fourth-order valence-corrected chi connectivity index (χ4v) is 3.45. The molecule has 0 aromatic carbocycles. The maximum absolute atomic E-state index is 11.9. The molecule has 0 unspecified atom stereocenters. The summed E-state index contributed by atoms with van der Waals surface area (Å²) in [7, 11) is 0. The lowest BCUT2D eigenvalue weighted by molar-refractivity contribution is -0.129. The number of nitrogens with one attached hydrogen (secondary N) is 1. The molecule has 3 aromatic rings. The lowest BCUT2D eigenvalue weighted by Gasteiger charge is -2.16. The summed E-state index contributed by atoms with van der Waals surface area (Å²) >= 11 is 0. The van der Waals surface area contributed by atoms with Gasteiger partial charge in [-0.3, -0.25) is 4.79 Å². The molecule has 1 fully saturated rings. The van der Waals surface area contributed by atoms with Gasteiger partial charge >= 0.3 is 0 Å². The van der Waals surface area contributed by atoms with E-state index in [0.29, 0.717) is 13.1 Å². The Bertz CT molecular complexity index is 939. The van der Waals surface area contributed by atoms with Crippen LogP contribution in [0.3, 0.4) is 0 Å². The van der Waals surface area contributed by atoms with Crippen LogP contribution >= 0.6 is 0 Å². The molecule has 0 saturated carbocycles. The number of likely N-dealkylation sites (tertiary alicyclic amines) is 1. The number of nitriles is 1. The van der Waals surface area contributed by atoms with Crippen LogP contribution < -0.4 is 0 Å². The number of H-pyrrole nitrogens is 1. The Morgan fingerprint density at radius 1 is 1.43 bits per heavy atom. The maximum atomic E-state index is 11.9. The first-order chi connectivity index (χ1) is 11.3. The molecule has 114 valence electrons. The van der Waals surface area contributed by atoms with Crippen LogP contribution in [0.25, 0.3) is 21.9 Å². The second kappa shape index (κ2) is 5.36. The summed E-state index contributed by atoms with van der Waals surface area (Å²) in [5.41, 5.74) is 2.94. The molecular weight excluding hydrogens is 290 g/mol. The number of fused-ring (bicyclic) bond motifs is 3. The van der Waals surface area contributed by atoms with Crippen LogP contribution in [0.15, 0.2) is 30.7 Å². The van der Waals surface area contributed by atoms with Gasteiger partial charge < -0.3 is 9.88 Å². The highest BCUT2D eigenvalue weighted by molar-refractivity contribution is 6.05. The molecule has 0 radical (unpaired) electrons. The van der Waals surface area contributed by atoms with Crippen molar-refractivity contribution in [3.05, 3.63) is 36.3 Å². The quantitative estimate of drug-likeness (QED) is 0.787. The maximum Gasteiger partial charge on any atom is 0.236 e. The van der Waals surface area contributed by atoms with Crippen molar-refractivity contribution in [1.82, 2.24) is 19.9 Å². The number of aromatic nitrogens is 3. The molecule has 1 saturated heterocycles. The van der Waals surface area contributed by atoms with Crippen LogP contribution in [0.1, 0.15) is 24.3 Å². The lowest BCUT2D eigenvalue weighted by Crippen LogP contribution is -2.27. The lowest BCUT2D eigenvalue weighted by atomic mass is 9.94. The van der Waals surface area contributed by atoms with E-state index in [1.165, 1.54) is 5.56 Å². The third-order valence-electron chi connectivity index (χ3n) is 4.54. The zero-order valence-corrected chi connectivity index (χ0v) is 12.5. The van der Waals surface area contributed by atoms with Gasteiger partial charge in [0.15, 0.2) is 5.65 Å². The van der Waals surface area contributed by atoms with Crippen LogP contribution in [-0.2, 0) is 4.79 Å². The van der Waals surface area contributed by atoms with Gasteiger partial charge in [0.25, 0.3) is 0 Å². The van der Waals surface area contributed by atoms with E-state index in [2.05, 4.69) is 21.0 Å². The zero-order valence-electron chi connectivity index (χ0n) is 12.5. The van der Waals surface area contributed by atoms with Crippen molar-refractivity contribution in [3.63, 3.8) is 0 Å². The van der Waals surface area contributed by atoms with Crippen molar-refractivity contribution in [3.8, 4) is 6.07 Å². The summed E-state index contributed by atoms with van der Waals surface area (Å²) in [6.45, 7) is 1.37. The number of amides is 1. The number of hydrogen-bond acceptors (Lipinski definition) is 4. The number of carbonyl (C=O) groups is 1. The minimum atomic E-state index is -0.0800. The monoisotopic (exact) mass is 305 g/mol. The van der Waals surface area contributed by atoms with E-state index in [1.807, 2.05) is 24.5 Å². The summed E-state index contributed by atoms with van der Waals surface area (Å²) in [5, 5.41) is 10.9. The molecule has 1 aliphatic rings. The topological polar surface area (TPSA) is 85.7 Å².